The monoisotopic (exact) mass is 1490 g/mol. The van der Waals surface area contributed by atoms with Gasteiger partial charge in [0.15, 0.2) is 12.2 Å². The van der Waals surface area contributed by atoms with Crippen LogP contribution < -0.4 is 0 Å². The van der Waals surface area contributed by atoms with Gasteiger partial charge in [0.05, 0.1) is 26.4 Å². The summed E-state index contributed by atoms with van der Waals surface area (Å²) in [5, 5.41) is 10.7. The molecule has 0 radical (unpaired) electrons. The quantitative estimate of drug-likeness (QED) is 0.0222. The molecule has 17 nitrogen and oxygen atoms in total. The maximum Gasteiger partial charge on any atom is 0.472 e. The lowest BCUT2D eigenvalue weighted by molar-refractivity contribution is -0.161. The molecule has 0 saturated carbocycles. The molecule has 0 aromatic rings. The summed E-state index contributed by atoms with van der Waals surface area (Å²) >= 11 is 0. The molecule has 0 fully saturated rings. The Morgan fingerprint density at radius 1 is 0.265 bits per heavy atom. The number of hydrogen-bond donors (Lipinski definition) is 3. The van der Waals surface area contributed by atoms with Crippen LogP contribution in [0.2, 0.25) is 0 Å². The second-order valence-electron chi connectivity index (χ2n) is 30.3. The Bertz CT molecular complexity index is 1940. The highest BCUT2D eigenvalue weighted by Crippen LogP contribution is 2.45. The molecule has 3 N–H and O–H groups in total. The number of phosphoric acid groups is 2. The van der Waals surface area contributed by atoms with E-state index >= 15 is 0 Å². The predicted molar refractivity (Wildman–Crippen MR) is 418 cm³/mol. The first-order valence-electron chi connectivity index (χ1n) is 43.1. The number of ether oxygens (including phenoxy) is 4. The highest BCUT2D eigenvalue weighted by Gasteiger charge is 2.30. The maximum atomic E-state index is 13.1. The van der Waals surface area contributed by atoms with Gasteiger partial charge in [-0.15, -0.1) is 0 Å². The van der Waals surface area contributed by atoms with Gasteiger partial charge in [-0.3, -0.25) is 37.3 Å². The molecule has 0 aliphatic rings. The van der Waals surface area contributed by atoms with Gasteiger partial charge in [-0.2, -0.15) is 0 Å². The van der Waals surface area contributed by atoms with Gasteiger partial charge in [-0.25, -0.2) is 9.13 Å². The maximum absolute atomic E-state index is 13.1. The molecule has 5 atom stereocenters. The van der Waals surface area contributed by atoms with E-state index in [2.05, 4.69) is 34.6 Å². The summed E-state index contributed by atoms with van der Waals surface area (Å²) in [6, 6.07) is 0. The third-order valence-corrected chi connectivity index (χ3v) is 21.4. The molecule has 2 unspecified atom stereocenters. The van der Waals surface area contributed by atoms with Crippen molar-refractivity contribution in [2.45, 2.75) is 464 Å². The van der Waals surface area contributed by atoms with Gasteiger partial charge in [-0.05, 0) is 31.6 Å². The molecular weight excluding hydrogens is 1330 g/mol. The number of aliphatic hydroxyl groups is 1. The number of hydrogen-bond acceptors (Lipinski definition) is 15. The van der Waals surface area contributed by atoms with Gasteiger partial charge < -0.3 is 33.8 Å². The molecular formula is C83H162O17P2. The molecule has 0 aliphatic carbocycles. The molecule has 102 heavy (non-hydrogen) atoms. The van der Waals surface area contributed by atoms with Gasteiger partial charge in [0.2, 0.25) is 0 Å². The van der Waals surface area contributed by atoms with Gasteiger partial charge in [0.25, 0.3) is 0 Å². The molecule has 0 heterocycles. The van der Waals surface area contributed by atoms with E-state index in [-0.39, 0.29) is 25.7 Å². The number of unbranched alkanes of at least 4 members (excludes halogenated alkanes) is 55. The minimum Gasteiger partial charge on any atom is -0.462 e. The number of rotatable bonds is 83. The molecule has 0 amide bonds. The van der Waals surface area contributed by atoms with Crippen molar-refractivity contribution in [3.63, 3.8) is 0 Å². The van der Waals surface area contributed by atoms with Crippen LogP contribution in [0.15, 0.2) is 0 Å². The summed E-state index contributed by atoms with van der Waals surface area (Å²) in [7, 11) is -9.92. The summed E-state index contributed by atoms with van der Waals surface area (Å²) in [6.45, 7) is 7.34. The Kier molecular flexibility index (Phi) is 74.4. The molecule has 0 saturated heterocycles. The largest absolute Gasteiger partial charge is 0.472 e. The Labute approximate surface area is 626 Å². The fraction of sp³-hybridized carbons (Fsp3) is 0.952. The number of carbonyl (C=O) groups is 4. The summed E-state index contributed by atoms with van der Waals surface area (Å²) in [4.78, 5) is 73.1. The van der Waals surface area contributed by atoms with Crippen LogP contribution in [0.5, 0.6) is 0 Å². The zero-order chi connectivity index (χ0) is 74.8. The molecule has 0 bridgehead atoms. The lowest BCUT2D eigenvalue weighted by Gasteiger charge is -2.21. The van der Waals surface area contributed by atoms with E-state index in [9.17, 15) is 43.2 Å². The SMILES string of the molecule is CCCCCCCCCCCCCCCCCCCCCCCCC(=O)O[C@H](COC(=O)CCCCCCCCCCCCCCCCC)COP(=O)(O)OC[C@@H](O)COP(=O)(O)OC[C@@H](COC(=O)CCCCCCCCCCCCC)OC(=O)CCCCCCCCCCCCCC(C)C. The van der Waals surface area contributed by atoms with Crippen LogP contribution in [0.4, 0.5) is 0 Å². The fourth-order valence-corrected chi connectivity index (χ4v) is 14.5. The Hall–Kier alpha value is -1.94. The standard InChI is InChI=1S/C83H162O17P2/c1-6-9-12-15-18-21-24-26-28-29-30-31-32-33-34-36-38-43-48-53-58-63-68-82(87)99-79(73-94-81(86)67-62-57-52-47-42-37-35-27-25-22-19-16-13-10-7-2)75-98-102(91,92)96-71-77(84)70-95-101(89,90)97-74-78(72-93-80(85)66-61-56-51-46-40-23-20-17-14-11-8-3)100-83(88)69-64-59-54-49-44-39-41-45-50-55-60-65-76(4)5/h76-79,84H,6-75H2,1-5H3,(H,89,90)(H,91,92)/t77-,78+,79+/m0/s1. The van der Waals surface area contributed by atoms with Crippen LogP contribution in [0, 0.1) is 5.92 Å². The normalized spacial score (nSPS) is 13.8. The van der Waals surface area contributed by atoms with Crippen LogP contribution in [-0.4, -0.2) is 96.7 Å². The summed E-state index contributed by atoms with van der Waals surface area (Å²) in [5.41, 5.74) is 0. The Morgan fingerprint density at radius 2 is 0.451 bits per heavy atom. The van der Waals surface area contributed by atoms with Gasteiger partial charge in [-0.1, -0.05) is 394 Å². The van der Waals surface area contributed by atoms with E-state index in [1.165, 1.54) is 270 Å². The van der Waals surface area contributed by atoms with Crippen LogP contribution >= 0.6 is 15.6 Å². The van der Waals surface area contributed by atoms with Crippen molar-refractivity contribution < 1.29 is 80.2 Å². The topological polar surface area (TPSA) is 237 Å². The van der Waals surface area contributed by atoms with Gasteiger partial charge in [0, 0.05) is 25.7 Å². The molecule has 0 aliphatic heterocycles. The third kappa shape index (κ3) is 76.3. The number of esters is 4. The Balaban J connectivity index is 5.21. The zero-order valence-corrected chi connectivity index (χ0v) is 68.5. The molecule has 0 aromatic carbocycles. The smallest absolute Gasteiger partial charge is 0.462 e. The second-order valence-corrected chi connectivity index (χ2v) is 33.3. The number of aliphatic hydroxyl groups excluding tert-OH is 1. The van der Waals surface area contributed by atoms with E-state index in [1.807, 2.05) is 0 Å². The van der Waals surface area contributed by atoms with Crippen molar-refractivity contribution in [3.05, 3.63) is 0 Å². The van der Waals surface area contributed by atoms with E-state index in [1.54, 1.807) is 0 Å². The lowest BCUT2D eigenvalue weighted by atomic mass is 10.0. The second kappa shape index (κ2) is 75.9. The van der Waals surface area contributed by atoms with Crippen LogP contribution in [0.25, 0.3) is 0 Å². The number of carbonyl (C=O) groups excluding carboxylic acids is 4. The van der Waals surface area contributed by atoms with Crippen LogP contribution in [-0.2, 0) is 65.4 Å². The first kappa shape index (κ1) is 100. The Morgan fingerprint density at radius 3 is 0.667 bits per heavy atom. The van der Waals surface area contributed by atoms with E-state index in [0.717, 1.165) is 95.8 Å². The average molecular weight is 1490 g/mol. The third-order valence-electron chi connectivity index (χ3n) is 19.5. The summed E-state index contributed by atoms with van der Waals surface area (Å²) in [5.74, 6) is -1.34. The van der Waals surface area contributed by atoms with Crippen LogP contribution in [0.3, 0.4) is 0 Å². The minimum absolute atomic E-state index is 0.107. The molecule has 0 aromatic heterocycles. The summed E-state index contributed by atoms with van der Waals surface area (Å²) < 4.78 is 68.8. The molecule has 0 rings (SSSR count). The first-order valence-corrected chi connectivity index (χ1v) is 46.1. The molecule has 606 valence electrons. The first-order chi connectivity index (χ1) is 49.5. The summed E-state index contributed by atoms with van der Waals surface area (Å²) in [6.07, 6.45) is 68.0. The molecule has 0 spiro atoms. The van der Waals surface area contributed by atoms with E-state index in [4.69, 9.17) is 37.0 Å². The van der Waals surface area contributed by atoms with E-state index < -0.39 is 97.5 Å². The van der Waals surface area contributed by atoms with Crippen molar-refractivity contribution >= 4 is 39.5 Å². The van der Waals surface area contributed by atoms with Crippen molar-refractivity contribution in [2.75, 3.05) is 39.6 Å². The van der Waals surface area contributed by atoms with Crippen molar-refractivity contribution in [1.29, 1.82) is 0 Å². The zero-order valence-electron chi connectivity index (χ0n) is 66.8. The van der Waals surface area contributed by atoms with Gasteiger partial charge in [0.1, 0.15) is 19.3 Å². The average Bonchev–Trinajstić information content (AvgIpc) is 0.920. The predicted octanol–water partition coefficient (Wildman–Crippen LogP) is 25.2. The van der Waals surface area contributed by atoms with Gasteiger partial charge >= 0.3 is 39.5 Å². The van der Waals surface area contributed by atoms with Crippen molar-refractivity contribution in [2.24, 2.45) is 5.92 Å². The van der Waals surface area contributed by atoms with E-state index in [0.29, 0.717) is 25.7 Å². The highest BCUT2D eigenvalue weighted by molar-refractivity contribution is 7.47. The lowest BCUT2D eigenvalue weighted by Crippen LogP contribution is -2.30. The van der Waals surface area contributed by atoms with Crippen molar-refractivity contribution in [3.8, 4) is 0 Å². The number of phosphoric ester groups is 2. The van der Waals surface area contributed by atoms with Crippen molar-refractivity contribution in [1.82, 2.24) is 0 Å². The minimum atomic E-state index is -4.96. The fourth-order valence-electron chi connectivity index (χ4n) is 12.9. The highest BCUT2D eigenvalue weighted by atomic mass is 31.2. The molecule has 19 heteroatoms. The van der Waals surface area contributed by atoms with Crippen LogP contribution in [0.1, 0.15) is 446 Å².